The van der Waals surface area contributed by atoms with Crippen molar-refractivity contribution in [3.8, 4) is 0 Å². The number of hydrogen-bond acceptors (Lipinski definition) is 1. The summed E-state index contributed by atoms with van der Waals surface area (Å²) in [5, 5.41) is 3.65. The van der Waals surface area contributed by atoms with Gasteiger partial charge in [-0.05, 0) is 36.6 Å². The predicted molar refractivity (Wildman–Crippen MR) is 79.4 cm³/mol. The molecule has 3 aromatic rings. The Morgan fingerprint density at radius 3 is 2.24 bits per heavy atom. The van der Waals surface area contributed by atoms with Crippen molar-refractivity contribution < 1.29 is 0 Å². The van der Waals surface area contributed by atoms with Crippen molar-refractivity contribution >= 4 is 53.5 Å². The molecule has 17 heavy (non-hydrogen) atoms. The summed E-state index contributed by atoms with van der Waals surface area (Å²) in [6.07, 6.45) is 0. The van der Waals surface area contributed by atoms with Crippen LogP contribution in [0.5, 0.6) is 0 Å². The van der Waals surface area contributed by atoms with Crippen LogP contribution < -0.4 is 0 Å². The molecule has 0 saturated heterocycles. The fourth-order valence-corrected chi connectivity index (χ4v) is 2.83. The zero-order valence-electron chi connectivity index (χ0n) is 9.17. The fourth-order valence-electron chi connectivity index (χ4n) is 2.12. The lowest BCUT2D eigenvalue weighted by molar-refractivity contribution is 1.29. The van der Waals surface area contributed by atoms with Gasteiger partial charge >= 0.3 is 0 Å². The Morgan fingerprint density at radius 1 is 0.824 bits per heavy atom. The van der Waals surface area contributed by atoms with Gasteiger partial charge in [-0.3, -0.25) is 4.98 Å². The number of rotatable bonds is 0. The van der Waals surface area contributed by atoms with E-state index in [4.69, 9.17) is 0 Å². The Bertz CT molecular complexity index is 735. The third-order valence-electron chi connectivity index (χ3n) is 2.91. The number of nitrogens with zero attached hydrogens (tertiary/aromatic N) is 1. The lowest BCUT2D eigenvalue weighted by Crippen LogP contribution is -1.88. The molecule has 0 aliphatic heterocycles. The number of fused-ring (bicyclic) bond motifs is 3. The molecule has 0 fully saturated rings. The number of pyridine rings is 1. The second-order valence-corrected chi connectivity index (χ2v) is 5.88. The smallest absolute Gasteiger partial charge is 0.0722 e. The molecule has 2 aromatic carbocycles. The first-order chi connectivity index (χ1) is 8.15. The van der Waals surface area contributed by atoms with E-state index in [9.17, 15) is 0 Å². The van der Waals surface area contributed by atoms with Gasteiger partial charge in [0.05, 0.1) is 5.52 Å². The molecule has 0 atom stereocenters. The van der Waals surface area contributed by atoms with Gasteiger partial charge in [0, 0.05) is 25.4 Å². The zero-order chi connectivity index (χ0) is 12.0. The molecule has 3 rings (SSSR count). The number of hydrogen-bond donors (Lipinski definition) is 0. The summed E-state index contributed by atoms with van der Waals surface area (Å²) in [6.45, 7) is 2.05. The molecule has 3 heteroatoms. The highest BCUT2D eigenvalue weighted by Crippen LogP contribution is 2.29. The SMILES string of the molecule is Cc1nc2cc(Br)ccc2c2ccc(Br)cc12. The van der Waals surface area contributed by atoms with Crippen LogP contribution in [0.15, 0.2) is 45.3 Å². The van der Waals surface area contributed by atoms with Crippen molar-refractivity contribution in [2.24, 2.45) is 0 Å². The average Bonchev–Trinajstić information content (AvgIpc) is 2.29. The summed E-state index contributed by atoms with van der Waals surface area (Å²) < 4.78 is 2.15. The van der Waals surface area contributed by atoms with Crippen molar-refractivity contribution in [3.05, 3.63) is 51.0 Å². The van der Waals surface area contributed by atoms with Crippen LogP contribution in [0.2, 0.25) is 0 Å². The summed E-state index contributed by atoms with van der Waals surface area (Å²) >= 11 is 6.99. The molecule has 0 aliphatic rings. The van der Waals surface area contributed by atoms with Crippen LogP contribution >= 0.6 is 31.9 Å². The first kappa shape index (κ1) is 11.2. The lowest BCUT2D eigenvalue weighted by Gasteiger charge is -2.07. The number of benzene rings is 2. The maximum absolute atomic E-state index is 4.65. The largest absolute Gasteiger partial charge is 0.252 e. The van der Waals surface area contributed by atoms with Gasteiger partial charge in [0.1, 0.15) is 0 Å². The zero-order valence-corrected chi connectivity index (χ0v) is 12.3. The van der Waals surface area contributed by atoms with E-state index in [0.717, 1.165) is 20.2 Å². The monoisotopic (exact) mass is 349 g/mol. The van der Waals surface area contributed by atoms with E-state index < -0.39 is 0 Å². The summed E-state index contributed by atoms with van der Waals surface area (Å²) in [7, 11) is 0. The Kier molecular flexibility index (Phi) is 2.68. The molecule has 1 heterocycles. The Hall–Kier alpha value is -0.930. The maximum Gasteiger partial charge on any atom is 0.0722 e. The molecular formula is C14H9Br2N. The number of aryl methyl sites for hydroxylation is 1. The molecule has 84 valence electrons. The van der Waals surface area contributed by atoms with Crippen LogP contribution in [-0.4, -0.2) is 4.98 Å². The van der Waals surface area contributed by atoms with Gasteiger partial charge in [-0.1, -0.05) is 44.0 Å². The minimum Gasteiger partial charge on any atom is -0.252 e. The maximum atomic E-state index is 4.65. The first-order valence-corrected chi connectivity index (χ1v) is 6.89. The molecule has 0 bridgehead atoms. The van der Waals surface area contributed by atoms with Crippen molar-refractivity contribution in [1.29, 1.82) is 0 Å². The third kappa shape index (κ3) is 1.87. The predicted octanol–water partition coefficient (Wildman–Crippen LogP) is 5.22. The number of aromatic nitrogens is 1. The third-order valence-corrected chi connectivity index (χ3v) is 3.90. The molecule has 0 unspecified atom stereocenters. The molecule has 1 aromatic heterocycles. The quantitative estimate of drug-likeness (QED) is 0.506. The van der Waals surface area contributed by atoms with Crippen molar-refractivity contribution in [1.82, 2.24) is 4.98 Å². The normalized spacial score (nSPS) is 11.2. The van der Waals surface area contributed by atoms with Crippen molar-refractivity contribution in [2.45, 2.75) is 6.92 Å². The van der Waals surface area contributed by atoms with Crippen LogP contribution in [-0.2, 0) is 0 Å². The summed E-state index contributed by atoms with van der Waals surface area (Å²) in [5.74, 6) is 0. The molecular weight excluding hydrogens is 342 g/mol. The lowest BCUT2D eigenvalue weighted by atomic mass is 10.0. The highest BCUT2D eigenvalue weighted by Gasteiger charge is 2.06. The highest BCUT2D eigenvalue weighted by molar-refractivity contribution is 9.10. The first-order valence-electron chi connectivity index (χ1n) is 5.30. The van der Waals surface area contributed by atoms with E-state index in [-0.39, 0.29) is 0 Å². The van der Waals surface area contributed by atoms with Crippen molar-refractivity contribution in [2.75, 3.05) is 0 Å². The standard InChI is InChI=1S/C14H9Br2N/c1-8-13-6-9(15)2-4-11(13)12-5-3-10(16)7-14(12)17-8/h2-7H,1H3. The van der Waals surface area contributed by atoms with E-state index in [0.29, 0.717) is 0 Å². The van der Waals surface area contributed by atoms with Gasteiger partial charge < -0.3 is 0 Å². The second-order valence-electron chi connectivity index (χ2n) is 4.05. The van der Waals surface area contributed by atoms with Gasteiger partial charge in [-0.15, -0.1) is 0 Å². The van der Waals surface area contributed by atoms with E-state index in [2.05, 4.69) is 80.2 Å². The fraction of sp³-hybridized carbons (Fsp3) is 0.0714. The molecule has 0 radical (unpaired) electrons. The summed E-state index contributed by atoms with van der Waals surface area (Å²) in [4.78, 5) is 4.65. The molecule has 0 amide bonds. The van der Waals surface area contributed by atoms with Crippen LogP contribution in [0.25, 0.3) is 21.7 Å². The molecule has 0 spiro atoms. The van der Waals surface area contributed by atoms with E-state index in [1.165, 1.54) is 16.2 Å². The van der Waals surface area contributed by atoms with Crippen LogP contribution in [0.4, 0.5) is 0 Å². The Balaban J connectivity index is 2.55. The van der Waals surface area contributed by atoms with Crippen LogP contribution in [0, 0.1) is 6.92 Å². The number of halogens is 2. The van der Waals surface area contributed by atoms with E-state index in [1.807, 2.05) is 0 Å². The highest BCUT2D eigenvalue weighted by atomic mass is 79.9. The van der Waals surface area contributed by atoms with E-state index >= 15 is 0 Å². The Morgan fingerprint density at radius 2 is 1.47 bits per heavy atom. The van der Waals surface area contributed by atoms with Gasteiger partial charge in [-0.2, -0.15) is 0 Å². The molecule has 0 aliphatic carbocycles. The summed E-state index contributed by atoms with van der Waals surface area (Å²) in [5.41, 5.74) is 2.10. The Labute approximate surface area is 116 Å². The molecule has 0 N–H and O–H groups in total. The van der Waals surface area contributed by atoms with Gasteiger partial charge in [0.25, 0.3) is 0 Å². The van der Waals surface area contributed by atoms with Crippen LogP contribution in [0.3, 0.4) is 0 Å². The minimum absolute atomic E-state index is 1.03. The van der Waals surface area contributed by atoms with Crippen molar-refractivity contribution in [3.63, 3.8) is 0 Å². The van der Waals surface area contributed by atoms with Gasteiger partial charge in [-0.25, -0.2) is 0 Å². The molecule has 0 saturated carbocycles. The second kappa shape index (κ2) is 4.07. The van der Waals surface area contributed by atoms with Gasteiger partial charge in [0.15, 0.2) is 0 Å². The topological polar surface area (TPSA) is 12.9 Å². The van der Waals surface area contributed by atoms with E-state index in [1.54, 1.807) is 0 Å². The summed E-state index contributed by atoms with van der Waals surface area (Å²) in [6, 6.07) is 12.6. The van der Waals surface area contributed by atoms with Crippen LogP contribution in [0.1, 0.15) is 5.69 Å². The van der Waals surface area contributed by atoms with Gasteiger partial charge in [0.2, 0.25) is 0 Å². The minimum atomic E-state index is 1.03. The average molecular weight is 351 g/mol. The molecule has 1 nitrogen and oxygen atoms in total.